The molecule has 1 amide bonds. The third kappa shape index (κ3) is 5.47. The molecule has 0 saturated heterocycles. The lowest BCUT2D eigenvalue weighted by Crippen LogP contribution is -2.16. The molecule has 6 nitrogen and oxygen atoms in total. The van der Waals surface area contributed by atoms with Crippen LogP contribution in [0.4, 0.5) is 0 Å². The van der Waals surface area contributed by atoms with Gasteiger partial charge in [-0.1, -0.05) is 21.9 Å². The summed E-state index contributed by atoms with van der Waals surface area (Å²) < 4.78 is 19.5. The molecule has 0 saturated carbocycles. The third-order valence-electron chi connectivity index (χ3n) is 3.77. The van der Waals surface area contributed by atoms with E-state index in [1.807, 2.05) is 25.1 Å². The van der Waals surface area contributed by atoms with Gasteiger partial charge in [-0.05, 0) is 88.0 Å². The molecule has 0 unspecified atom stereocenters. The number of fused-ring (bicyclic) bond motifs is 1. The Kier molecular flexibility index (Phi) is 8.01. The van der Waals surface area contributed by atoms with Gasteiger partial charge in [-0.25, -0.2) is 5.43 Å². The number of nitrogens with zero attached hydrogens (tertiary/aromatic N) is 1. The second-order valence-corrected chi connectivity index (χ2v) is 9.11. The molecule has 0 aliphatic carbocycles. The van der Waals surface area contributed by atoms with Crippen molar-refractivity contribution < 1.29 is 18.7 Å². The number of hydrogen-bond donors (Lipinski definition) is 1. The van der Waals surface area contributed by atoms with Crippen LogP contribution < -0.4 is 14.9 Å². The lowest BCUT2D eigenvalue weighted by atomic mass is 10.2. The molecule has 30 heavy (non-hydrogen) atoms. The first-order chi connectivity index (χ1) is 14.4. The number of benzene rings is 2. The average molecular weight is 693 g/mol. The van der Waals surface area contributed by atoms with Crippen LogP contribution in [-0.4, -0.2) is 25.3 Å². The van der Waals surface area contributed by atoms with Crippen molar-refractivity contribution in [1.82, 2.24) is 5.43 Å². The fourth-order valence-electron chi connectivity index (χ4n) is 2.59. The molecule has 0 atom stereocenters. The van der Waals surface area contributed by atoms with E-state index >= 15 is 0 Å². The van der Waals surface area contributed by atoms with Crippen molar-refractivity contribution in [3.63, 3.8) is 0 Å². The Labute approximate surface area is 209 Å². The minimum atomic E-state index is -0.442. The first kappa shape index (κ1) is 22.9. The maximum atomic E-state index is 12.4. The number of terminal acetylenes is 1. The minimum Gasteiger partial charge on any atom is -0.490 e. The van der Waals surface area contributed by atoms with Crippen LogP contribution in [0, 0.1) is 19.5 Å². The zero-order valence-electron chi connectivity index (χ0n) is 15.7. The van der Waals surface area contributed by atoms with Crippen LogP contribution in [0.5, 0.6) is 11.5 Å². The van der Waals surface area contributed by atoms with Crippen LogP contribution >= 0.6 is 61.1 Å². The van der Waals surface area contributed by atoms with Gasteiger partial charge in [0.2, 0.25) is 0 Å². The molecule has 3 rings (SSSR count). The summed E-state index contributed by atoms with van der Waals surface area (Å²) in [5.74, 6) is 3.32. The van der Waals surface area contributed by atoms with Gasteiger partial charge in [0.1, 0.15) is 12.2 Å². The molecule has 2 aromatic carbocycles. The first-order valence-electron chi connectivity index (χ1n) is 8.67. The molecule has 0 bridgehead atoms. The number of hydrazone groups is 1. The first-order valence-corrected chi connectivity index (χ1v) is 11.6. The highest BCUT2D eigenvalue weighted by atomic mass is 127. The summed E-state index contributed by atoms with van der Waals surface area (Å²) in [6.07, 6.45) is 6.80. The molecule has 154 valence electrons. The Hall–Kier alpha value is -1.78. The molecule has 0 radical (unpaired) electrons. The SMILES string of the molecule is C#CCOc1c(I)cc(/C=N\NC(=O)c2cc3cc(Br)cc(I)c3o2)cc1OCC. The van der Waals surface area contributed by atoms with Gasteiger partial charge in [-0.3, -0.25) is 4.79 Å². The number of carbonyl (C=O) groups is 1. The summed E-state index contributed by atoms with van der Waals surface area (Å²) in [6, 6.07) is 9.11. The van der Waals surface area contributed by atoms with Crippen molar-refractivity contribution in [3.05, 3.63) is 53.3 Å². The predicted octanol–water partition coefficient (Wildman–Crippen LogP) is 5.58. The summed E-state index contributed by atoms with van der Waals surface area (Å²) >= 11 is 7.74. The average Bonchev–Trinajstić information content (AvgIpc) is 3.12. The summed E-state index contributed by atoms with van der Waals surface area (Å²) in [5.41, 5.74) is 3.88. The standard InChI is InChI=1S/C21H15BrI2N2O4/c1-3-5-29-20-15(23)6-12(7-17(20)28-4-2)11-25-26-21(27)18-9-13-8-14(22)10-16(24)19(13)30-18/h1,6-11H,4-5H2,2H3,(H,26,27)/b25-11-. The molecule has 1 heterocycles. The van der Waals surface area contributed by atoms with Crippen molar-refractivity contribution in [2.75, 3.05) is 13.2 Å². The normalized spacial score (nSPS) is 10.9. The smallest absolute Gasteiger partial charge is 0.307 e. The second-order valence-electron chi connectivity index (χ2n) is 5.87. The number of ether oxygens (including phenoxy) is 2. The molecular formula is C21H15BrI2N2O4. The highest BCUT2D eigenvalue weighted by Crippen LogP contribution is 2.34. The minimum absolute atomic E-state index is 0.145. The largest absolute Gasteiger partial charge is 0.490 e. The Bertz CT molecular complexity index is 1170. The van der Waals surface area contributed by atoms with Gasteiger partial charge in [-0.15, -0.1) is 6.42 Å². The van der Waals surface area contributed by atoms with Crippen molar-refractivity contribution in [2.24, 2.45) is 5.10 Å². The van der Waals surface area contributed by atoms with E-state index in [0.717, 1.165) is 22.6 Å². The van der Waals surface area contributed by atoms with Gasteiger partial charge < -0.3 is 13.9 Å². The van der Waals surface area contributed by atoms with Gasteiger partial charge in [0.15, 0.2) is 17.3 Å². The van der Waals surface area contributed by atoms with Crippen molar-refractivity contribution in [1.29, 1.82) is 0 Å². The van der Waals surface area contributed by atoms with E-state index in [1.165, 1.54) is 6.21 Å². The lowest BCUT2D eigenvalue weighted by Gasteiger charge is -2.13. The van der Waals surface area contributed by atoms with Gasteiger partial charge >= 0.3 is 5.91 Å². The Balaban J connectivity index is 1.77. The Morgan fingerprint density at radius 1 is 1.27 bits per heavy atom. The van der Waals surface area contributed by atoms with E-state index in [4.69, 9.17) is 20.3 Å². The molecule has 9 heteroatoms. The fraction of sp³-hybridized carbons (Fsp3) is 0.143. The third-order valence-corrected chi connectivity index (χ3v) is 5.83. The second kappa shape index (κ2) is 10.5. The van der Waals surface area contributed by atoms with Gasteiger partial charge in [0.05, 0.1) is 20.0 Å². The predicted molar refractivity (Wildman–Crippen MR) is 136 cm³/mol. The van der Waals surface area contributed by atoms with E-state index in [9.17, 15) is 4.79 Å². The maximum Gasteiger partial charge on any atom is 0.307 e. The topological polar surface area (TPSA) is 73.1 Å². The van der Waals surface area contributed by atoms with Crippen molar-refractivity contribution in [3.8, 4) is 23.8 Å². The van der Waals surface area contributed by atoms with Crippen LogP contribution in [0.1, 0.15) is 23.0 Å². The van der Waals surface area contributed by atoms with Gasteiger partial charge in [0, 0.05) is 9.86 Å². The van der Waals surface area contributed by atoms with Crippen LogP contribution in [0.15, 0.2) is 44.3 Å². The Morgan fingerprint density at radius 3 is 2.80 bits per heavy atom. The fourth-order valence-corrected chi connectivity index (χ4v) is 5.03. The van der Waals surface area contributed by atoms with Gasteiger partial charge in [0.25, 0.3) is 0 Å². The number of halogens is 3. The zero-order valence-corrected chi connectivity index (χ0v) is 21.6. The molecule has 0 spiro atoms. The lowest BCUT2D eigenvalue weighted by molar-refractivity contribution is 0.0929. The van der Waals surface area contributed by atoms with Gasteiger partial charge in [-0.2, -0.15) is 5.10 Å². The number of amides is 1. The van der Waals surface area contributed by atoms with Crippen molar-refractivity contribution >= 4 is 84.2 Å². The maximum absolute atomic E-state index is 12.4. The quantitative estimate of drug-likeness (QED) is 0.152. The number of furan rings is 1. The van der Waals surface area contributed by atoms with E-state index in [0.29, 0.717) is 23.7 Å². The van der Waals surface area contributed by atoms with Crippen LogP contribution in [0.3, 0.4) is 0 Å². The molecular weight excluding hydrogens is 678 g/mol. The summed E-state index contributed by atoms with van der Waals surface area (Å²) in [7, 11) is 0. The Morgan fingerprint density at radius 2 is 2.07 bits per heavy atom. The van der Waals surface area contributed by atoms with E-state index < -0.39 is 5.91 Å². The van der Waals surface area contributed by atoms with E-state index in [2.05, 4.69) is 77.6 Å². The number of hydrogen-bond acceptors (Lipinski definition) is 5. The molecule has 3 aromatic rings. The number of nitrogens with one attached hydrogen (secondary N) is 1. The molecule has 1 N–H and O–H groups in total. The molecule has 0 fully saturated rings. The summed E-state index contributed by atoms with van der Waals surface area (Å²) in [5, 5.41) is 4.87. The highest BCUT2D eigenvalue weighted by Gasteiger charge is 2.15. The van der Waals surface area contributed by atoms with Crippen LogP contribution in [0.25, 0.3) is 11.0 Å². The highest BCUT2D eigenvalue weighted by molar-refractivity contribution is 14.1. The van der Waals surface area contributed by atoms with Crippen LogP contribution in [0.2, 0.25) is 0 Å². The number of rotatable bonds is 7. The van der Waals surface area contributed by atoms with Crippen LogP contribution in [-0.2, 0) is 0 Å². The van der Waals surface area contributed by atoms with E-state index in [-0.39, 0.29) is 12.4 Å². The summed E-state index contributed by atoms with van der Waals surface area (Å²) in [6.45, 7) is 2.50. The molecule has 0 aliphatic heterocycles. The summed E-state index contributed by atoms with van der Waals surface area (Å²) in [4.78, 5) is 12.4. The monoisotopic (exact) mass is 692 g/mol. The van der Waals surface area contributed by atoms with E-state index in [1.54, 1.807) is 12.1 Å². The molecule has 1 aromatic heterocycles. The molecule has 0 aliphatic rings. The van der Waals surface area contributed by atoms with Crippen molar-refractivity contribution in [2.45, 2.75) is 6.92 Å². The zero-order chi connectivity index (χ0) is 21.7. The number of carbonyl (C=O) groups excluding carboxylic acids is 1.